The number of carbonyl (C=O) groups excluding carboxylic acids is 1. The normalized spacial score (nSPS) is 9.88. The number of rotatable bonds is 2. The number of hydrogen-bond donors (Lipinski definition) is 3. The minimum absolute atomic E-state index is 0.0388. The van der Waals surface area contributed by atoms with E-state index in [0.717, 1.165) is 6.07 Å². The van der Waals surface area contributed by atoms with E-state index >= 15 is 0 Å². The maximum atomic E-state index is 13.7. The molecule has 5 nitrogen and oxygen atoms in total. The van der Waals surface area contributed by atoms with Gasteiger partial charge in [0.05, 0.1) is 28.0 Å². The molecule has 0 heterocycles. The summed E-state index contributed by atoms with van der Waals surface area (Å²) in [4.78, 5) is 11.9. The van der Waals surface area contributed by atoms with Crippen molar-refractivity contribution in [1.82, 2.24) is 5.32 Å². The summed E-state index contributed by atoms with van der Waals surface area (Å²) in [6.45, 7) is 1.49. The SMILES string of the molecule is Cc1cc(F)cc(F)c1NC(=S)NC(=O)Nc1ccc(C#N)cc1Cl. The molecule has 0 radical (unpaired) electrons. The van der Waals surface area contributed by atoms with E-state index in [1.54, 1.807) is 0 Å². The van der Waals surface area contributed by atoms with E-state index in [1.807, 2.05) is 6.07 Å². The second kappa shape index (κ2) is 7.88. The molecule has 2 rings (SSSR count). The van der Waals surface area contributed by atoms with Crippen molar-refractivity contribution in [3.63, 3.8) is 0 Å². The average molecular weight is 381 g/mol. The minimum Gasteiger partial charge on any atom is -0.330 e. The van der Waals surface area contributed by atoms with Gasteiger partial charge in [0.25, 0.3) is 0 Å². The summed E-state index contributed by atoms with van der Waals surface area (Å²) >= 11 is 10.9. The molecule has 0 spiro atoms. The molecule has 2 amide bonds. The van der Waals surface area contributed by atoms with E-state index in [2.05, 4.69) is 16.0 Å². The molecule has 0 fully saturated rings. The number of anilines is 2. The van der Waals surface area contributed by atoms with Gasteiger partial charge in [-0.1, -0.05) is 11.6 Å². The summed E-state index contributed by atoms with van der Waals surface area (Å²) in [5, 5.41) is 16.0. The van der Waals surface area contributed by atoms with Gasteiger partial charge in [-0.2, -0.15) is 5.26 Å². The predicted octanol–water partition coefficient (Wildman–Crippen LogP) is 4.32. The Morgan fingerprint density at radius 3 is 2.56 bits per heavy atom. The molecule has 25 heavy (non-hydrogen) atoms. The number of aryl methyl sites for hydroxylation is 1. The number of halogens is 3. The second-order valence-electron chi connectivity index (χ2n) is 4.92. The maximum absolute atomic E-state index is 13.7. The van der Waals surface area contributed by atoms with Crippen LogP contribution in [0.4, 0.5) is 25.0 Å². The molecule has 0 aliphatic rings. The fourth-order valence-electron chi connectivity index (χ4n) is 1.95. The van der Waals surface area contributed by atoms with Crippen LogP contribution >= 0.6 is 23.8 Å². The van der Waals surface area contributed by atoms with Crippen LogP contribution in [-0.2, 0) is 0 Å². The first kappa shape index (κ1) is 18.6. The summed E-state index contributed by atoms with van der Waals surface area (Å²) in [5.74, 6) is -1.55. The van der Waals surface area contributed by atoms with Crippen molar-refractivity contribution in [3.05, 3.63) is 58.1 Å². The first-order valence-corrected chi connectivity index (χ1v) is 7.63. The van der Waals surface area contributed by atoms with E-state index < -0.39 is 17.7 Å². The minimum atomic E-state index is -0.836. The van der Waals surface area contributed by atoms with Gasteiger partial charge in [0.1, 0.15) is 11.6 Å². The van der Waals surface area contributed by atoms with E-state index in [4.69, 9.17) is 29.1 Å². The van der Waals surface area contributed by atoms with Gasteiger partial charge in [-0.05, 0) is 49.0 Å². The van der Waals surface area contributed by atoms with Crippen molar-refractivity contribution in [1.29, 1.82) is 5.26 Å². The molecule has 0 aromatic heterocycles. The Hall–Kier alpha value is -2.76. The highest BCUT2D eigenvalue weighted by molar-refractivity contribution is 7.80. The van der Waals surface area contributed by atoms with Crippen LogP contribution in [0.5, 0.6) is 0 Å². The van der Waals surface area contributed by atoms with Gasteiger partial charge >= 0.3 is 6.03 Å². The average Bonchev–Trinajstić information content (AvgIpc) is 2.52. The Morgan fingerprint density at radius 1 is 1.24 bits per heavy atom. The number of benzene rings is 2. The quantitative estimate of drug-likeness (QED) is 0.678. The molecule has 0 unspecified atom stereocenters. The van der Waals surface area contributed by atoms with Crippen LogP contribution in [0.1, 0.15) is 11.1 Å². The summed E-state index contributed by atoms with van der Waals surface area (Å²) < 4.78 is 26.8. The third-order valence-corrected chi connectivity index (χ3v) is 3.58. The highest BCUT2D eigenvalue weighted by atomic mass is 35.5. The van der Waals surface area contributed by atoms with Crippen molar-refractivity contribution in [3.8, 4) is 6.07 Å². The van der Waals surface area contributed by atoms with Gasteiger partial charge in [-0.25, -0.2) is 13.6 Å². The van der Waals surface area contributed by atoms with E-state index in [1.165, 1.54) is 25.1 Å². The van der Waals surface area contributed by atoms with Crippen molar-refractivity contribution in [2.24, 2.45) is 0 Å². The van der Waals surface area contributed by atoms with Crippen LogP contribution in [0.3, 0.4) is 0 Å². The molecule has 0 saturated carbocycles. The Bertz CT molecular complexity index is 875. The standard InChI is InChI=1S/C16H11ClF2N4OS/c1-8-4-10(18)6-12(19)14(8)22-16(25)23-15(24)21-13-3-2-9(7-20)5-11(13)17/h2-6H,1H3,(H3,21,22,23,24,25). The maximum Gasteiger partial charge on any atom is 0.325 e. The molecule has 0 saturated heterocycles. The smallest absolute Gasteiger partial charge is 0.325 e. The first-order valence-electron chi connectivity index (χ1n) is 6.84. The highest BCUT2D eigenvalue weighted by Crippen LogP contribution is 2.23. The Balaban J connectivity index is 2.02. The summed E-state index contributed by atoms with van der Waals surface area (Å²) in [5.41, 5.74) is 0.862. The number of hydrogen-bond acceptors (Lipinski definition) is 3. The molecule has 0 aliphatic heterocycles. The Kier molecular flexibility index (Phi) is 5.85. The third kappa shape index (κ3) is 4.86. The Labute approximate surface area is 152 Å². The van der Waals surface area contributed by atoms with E-state index in [-0.39, 0.29) is 27.1 Å². The van der Waals surface area contributed by atoms with Gasteiger partial charge in [0.15, 0.2) is 5.11 Å². The zero-order valence-electron chi connectivity index (χ0n) is 12.8. The van der Waals surface area contributed by atoms with Crippen LogP contribution in [-0.4, -0.2) is 11.1 Å². The molecule has 128 valence electrons. The number of nitriles is 1. The van der Waals surface area contributed by atoms with Crippen molar-refractivity contribution in [2.45, 2.75) is 6.92 Å². The lowest BCUT2D eigenvalue weighted by atomic mass is 10.2. The summed E-state index contributed by atoms with van der Waals surface area (Å²) in [6, 6.07) is 7.37. The fourth-order valence-corrected chi connectivity index (χ4v) is 2.37. The zero-order valence-corrected chi connectivity index (χ0v) is 14.4. The first-order chi connectivity index (χ1) is 11.8. The van der Waals surface area contributed by atoms with Crippen LogP contribution in [0.2, 0.25) is 5.02 Å². The third-order valence-electron chi connectivity index (χ3n) is 3.06. The van der Waals surface area contributed by atoms with E-state index in [9.17, 15) is 13.6 Å². The molecule has 2 aromatic carbocycles. The van der Waals surface area contributed by atoms with Crippen molar-refractivity contribution in [2.75, 3.05) is 10.6 Å². The predicted molar refractivity (Wildman–Crippen MR) is 95.6 cm³/mol. The fraction of sp³-hybridized carbons (Fsp3) is 0.0625. The van der Waals surface area contributed by atoms with Gasteiger partial charge < -0.3 is 10.6 Å². The Morgan fingerprint density at radius 2 is 1.96 bits per heavy atom. The summed E-state index contributed by atoms with van der Waals surface area (Å²) in [7, 11) is 0. The number of carbonyl (C=O) groups is 1. The number of urea groups is 1. The van der Waals surface area contributed by atoms with E-state index in [0.29, 0.717) is 11.6 Å². The van der Waals surface area contributed by atoms with Gasteiger partial charge in [-0.3, -0.25) is 5.32 Å². The largest absolute Gasteiger partial charge is 0.330 e. The number of nitrogens with one attached hydrogen (secondary N) is 3. The molecule has 0 aliphatic carbocycles. The summed E-state index contributed by atoms with van der Waals surface area (Å²) in [6.07, 6.45) is 0. The number of nitrogens with zero attached hydrogens (tertiary/aromatic N) is 1. The van der Waals surface area contributed by atoms with Crippen LogP contribution < -0.4 is 16.0 Å². The molecule has 0 bridgehead atoms. The molecule has 0 atom stereocenters. The lowest BCUT2D eigenvalue weighted by Crippen LogP contribution is -2.37. The number of thiocarbonyl (C=S) groups is 1. The van der Waals surface area contributed by atoms with Crippen LogP contribution in [0.25, 0.3) is 0 Å². The molecule has 2 aromatic rings. The lowest BCUT2D eigenvalue weighted by Gasteiger charge is -2.13. The molecular formula is C16H11ClF2N4OS. The van der Waals surface area contributed by atoms with Gasteiger partial charge in [0, 0.05) is 6.07 Å². The lowest BCUT2D eigenvalue weighted by molar-refractivity contribution is 0.256. The van der Waals surface area contributed by atoms with Crippen molar-refractivity contribution < 1.29 is 13.6 Å². The van der Waals surface area contributed by atoms with Crippen molar-refractivity contribution >= 4 is 46.3 Å². The van der Waals surface area contributed by atoms with Gasteiger partial charge in [-0.15, -0.1) is 0 Å². The molecule has 3 N–H and O–H groups in total. The van der Waals surface area contributed by atoms with Crippen LogP contribution in [0, 0.1) is 29.9 Å². The monoisotopic (exact) mass is 380 g/mol. The molecular weight excluding hydrogens is 370 g/mol. The zero-order chi connectivity index (χ0) is 18.6. The topological polar surface area (TPSA) is 76.9 Å². The van der Waals surface area contributed by atoms with Crippen LogP contribution in [0.15, 0.2) is 30.3 Å². The van der Waals surface area contributed by atoms with Gasteiger partial charge in [0.2, 0.25) is 0 Å². The second-order valence-corrected chi connectivity index (χ2v) is 5.73. The number of amides is 2. The molecule has 9 heteroatoms. The highest BCUT2D eigenvalue weighted by Gasteiger charge is 2.12.